The molecule has 0 bridgehead atoms. The molecule has 4 aromatic rings. The summed E-state index contributed by atoms with van der Waals surface area (Å²) in [6.07, 6.45) is 0.790. The predicted octanol–water partition coefficient (Wildman–Crippen LogP) is 6.18. The normalized spacial score (nSPS) is 12.9. The quantitative estimate of drug-likeness (QED) is 0.350. The van der Waals surface area contributed by atoms with Gasteiger partial charge in [0.2, 0.25) is 0 Å². The van der Waals surface area contributed by atoms with E-state index in [1.165, 1.54) is 27.0 Å². The minimum atomic E-state index is -3.24. The van der Waals surface area contributed by atoms with E-state index in [0.717, 1.165) is 6.16 Å². The van der Waals surface area contributed by atoms with E-state index >= 15 is 0 Å². The van der Waals surface area contributed by atoms with Gasteiger partial charge < -0.3 is 0 Å². The van der Waals surface area contributed by atoms with Crippen molar-refractivity contribution in [3.8, 4) is 0 Å². The van der Waals surface area contributed by atoms with Gasteiger partial charge in [0.1, 0.15) is 0 Å². The first-order valence-corrected chi connectivity index (χ1v) is 12.9. The van der Waals surface area contributed by atoms with E-state index in [2.05, 4.69) is 122 Å². The maximum absolute atomic E-state index is 8.11. The second-order valence-electron chi connectivity index (χ2n) is 7.27. The molecule has 0 unspecified atom stereocenters. The summed E-state index contributed by atoms with van der Waals surface area (Å²) in [5.74, 6) is -3.24. The maximum atomic E-state index is 8.11. The number of hydrogen-bond donors (Lipinski definition) is 0. The molecule has 28 heavy (non-hydrogen) atoms. The molecule has 0 nitrogen and oxygen atoms in total. The van der Waals surface area contributed by atoms with Crippen molar-refractivity contribution in [2.75, 3.05) is 0 Å². The molecule has 0 amide bonds. The third-order valence-corrected chi connectivity index (χ3v) is 12.8. The topological polar surface area (TPSA) is 0 Å². The molecular formula is C26H24ClP. The third-order valence-electron chi connectivity index (χ3n) is 5.61. The van der Waals surface area contributed by atoms with E-state index < -0.39 is 5.96 Å². The van der Waals surface area contributed by atoms with Gasteiger partial charge >= 0.3 is 173 Å². The Bertz CT molecular complexity index is 960. The first-order valence-electron chi connectivity index (χ1n) is 9.57. The molecule has 0 saturated carbocycles. The van der Waals surface area contributed by atoms with Crippen molar-refractivity contribution in [3.63, 3.8) is 0 Å². The first kappa shape index (κ1) is 18.9. The Labute approximate surface area is 172 Å². The van der Waals surface area contributed by atoms with E-state index in [9.17, 15) is 0 Å². The van der Waals surface area contributed by atoms with Gasteiger partial charge in [-0.05, 0) is 0 Å². The van der Waals surface area contributed by atoms with Crippen molar-refractivity contribution in [1.82, 2.24) is 0 Å². The summed E-state index contributed by atoms with van der Waals surface area (Å²) in [4.78, 5) is 0. The van der Waals surface area contributed by atoms with Crippen molar-refractivity contribution in [2.24, 2.45) is 0 Å². The van der Waals surface area contributed by atoms with E-state index in [-0.39, 0.29) is 0 Å². The third kappa shape index (κ3) is 3.08. The van der Waals surface area contributed by atoms with E-state index in [0.29, 0.717) is 0 Å². The van der Waals surface area contributed by atoms with Gasteiger partial charge in [-0.2, -0.15) is 0 Å². The van der Waals surface area contributed by atoms with Crippen LogP contribution in [-0.4, -0.2) is 0 Å². The van der Waals surface area contributed by atoms with Crippen LogP contribution >= 0.6 is 17.2 Å². The summed E-state index contributed by atoms with van der Waals surface area (Å²) in [5.41, 5.74) is 2.58. The molecule has 0 radical (unpaired) electrons. The van der Waals surface area contributed by atoms with Crippen molar-refractivity contribution >= 4 is 33.1 Å². The van der Waals surface area contributed by atoms with Gasteiger partial charge in [-0.15, -0.1) is 0 Å². The van der Waals surface area contributed by atoms with Crippen LogP contribution in [0.1, 0.15) is 11.1 Å². The fraction of sp³-hybridized carbons (Fsp3) is 0.0769. The predicted molar refractivity (Wildman–Crippen MR) is 126 cm³/mol. The molecule has 0 heterocycles. The van der Waals surface area contributed by atoms with Crippen LogP contribution < -0.4 is 15.9 Å². The molecule has 0 fully saturated rings. The number of rotatable bonds is 5. The second-order valence-corrected chi connectivity index (χ2v) is 13.7. The van der Waals surface area contributed by atoms with Crippen LogP contribution in [0.15, 0.2) is 115 Å². The van der Waals surface area contributed by atoms with Gasteiger partial charge in [0, 0.05) is 0 Å². The Morgan fingerprint density at radius 1 is 0.536 bits per heavy atom. The summed E-state index contributed by atoms with van der Waals surface area (Å²) < 4.78 is 0. The van der Waals surface area contributed by atoms with E-state index in [1.54, 1.807) is 0 Å². The molecule has 0 spiro atoms. The van der Waals surface area contributed by atoms with Gasteiger partial charge in [0.05, 0.1) is 0 Å². The Kier molecular flexibility index (Phi) is 5.11. The van der Waals surface area contributed by atoms with Crippen molar-refractivity contribution in [3.05, 3.63) is 126 Å². The first-order chi connectivity index (χ1) is 13.6. The zero-order valence-corrected chi connectivity index (χ0v) is 17.7. The van der Waals surface area contributed by atoms with Crippen LogP contribution in [0.5, 0.6) is 0 Å². The standard InChI is InChI=1S/C26H24ClP/c1-22-13-11-12-14-23(22)21-28(27,24-15-5-2-6-16-24,25-17-7-3-8-18-25)26-19-9-4-10-20-26/h2-20H,21H2,1H3. The van der Waals surface area contributed by atoms with Gasteiger partial charge in [0.15, 0.2) is 0 Å². The zero-order chi connectivity index (χ0) is 19.5. The molecule has 0 aliphatic carbocycles. The van der Waals surface area contributed by atoms with E-state index in [1.807, 2.05) is 0 Å². The SMILES string of the molecule is Cc1ccccc1CP(Cl)(c1ccccc1)(c1ccccc1)c1ccccc1. The Balaban J connectivity index is 2.11. The molecule has 2 heteroatoms. The summed E-state index contributed by atoms with van der Waals surface area (Å²) >= 11 is 8.11. The van der Waals surface area contributed by atoms with Gasteiger partial charge in [-0.3, -0.25) is 0 Å². The molecule has 4 rings (SSSR count). The molecule has 0 saturated heterocycles. The van der Waals surface area contributed by atoms with Crippen LogP contribution in [0.2, 0.25) is 0 Å². The molecule has 140 valence electrons. The molecule has 0 N–H and O–H groups in total. The number of benzene rings is 4. The Morgan fingerprint density at radius 3 is 1.29 bits per heavy atom. The molecule has 0 aromatic heterocycles. The van der Waals surface area contributed by atoms with Crippen LogP contribution in [0.25, 0.3) is 0 Å². The average Bonchev–Trinajstić information content (AvgIpc) is 2.77. The summed E-state index contributed by atoms with van der Waals surface area (Å²) in [7, 11) is 0. The van der Waals surface area contributed by atoms with Crippen LogP contribution in [0, 0.1) is 6.92 Å². The van der Waals surface area contributed by atoms with E-state index in [4.69, 9.17) is 11.2 Å². The van der Waals surface area contributed by atoms with Crippen molar-refractivity contribution < 1.29 is 0 Å². The van der Waals surface area contributed by atoms with Crippen LogP contribution in [-0.2, 0) is 6.16 Å². The summed E-state index contributed by atoms with van der Waals surface area (Å²) in [6.45, 7) is 2.17. The Hall–Kier alpha value is -2.40. The average molecular weight is 403 g/mol. The fourth-order valence-corrected chi connectivity index (χ4v) is 10.3. The molecule has 0 aliphatic rings. The van der Waals surface area contributed by atoms with Gasteiger partial charge in [-0.1, -0.05) is 0 Å². The second kappa shape index (κ2) is 7.55. The fourth-order valence-electron chi connectivity index (χ4n) is 4.04. The van der Waals surface area contributed by atoms with Crippen molar-refractivity contribution in [2.45, 2.75) is 13.1 Å². The number of hydrogen-bond acceptors (Lipinski definition) is 0. The molecule has 0 aliphatic heterocycles. The number of aryl methyl sites for hydroxylation is 1. The van der Waals surface area contributed by atoms with Gasteiger partial charge in [-0.25, -0.2) is 0 Å². The van der Waals surface area contributed by atoms with Crippen LogP contribution in [0.3, 0.4) is 0 Å². The Morgan fingerprint density at radius 2 is 0.893 bits per heavy atom. The molecular weight excluding hydrogens is 379 g/mol. The zero-order valence-electron chi connectivity index (χ0n) is 16.0. The minimum absolute atomic E-state index is 0.790. The monoisotopic (exact) mass is 402 g/mol. The summed E-state index contributed by atoms with van der Waals surface area (Å²) in [5, 5.41) is 3.61. The molecule has 0 atom stereocenters. The summed E-state index contributed by atoms with van der Waals surface area (Å²) in [6, 6.07) is 40.6. The molecule has 4 aromatic carbocycles. The van der Waals surface area contributed by atoms with Gasteiger partial charge in [0.25, 0.3) is 0 Å². The number of halogens is 1. The van der Waals surface area contributed by atoms with Crippen molar-refractivity contribution in [1.29, 1.82) is 0 Å². The van der Waals surface area contributed by atoms with Crippen LogP contribution in [0.4, 0.5) is 0 Å².